The number of aryl methyl sites for hydroxylation is 1. The van der Waals surface area contributed by atoms with Gasteiger partial charge in [-0.1, -0.05) is 12.1 Å². The fourth-order valence-electron chi connectivity index (χ4n) is 2.63. The van der Waals surface area contributed by atoms with Crippen molar-refractivity contribution in [1.29, 1.82) is 0 Å². The molecule has 130 valence electrons. The molecule has 26 heavy (non-hydrogen) atoms. The van der Waals surface area contributed by atoms with Crippen LogP contribution in [0.1, 0.15) is 16.7 Å². The highest BCUT2D eigenvalue weighted by Crippen LogP contribution is 2.33. The molecule has 0 radical (unpaired) electrons. The lowest BCUT2D eigenvalue weighted by atomic mass is 10.1. The second kappa shape index (κ2) is 5.99. The molecule has 0 aromatic heterocycles. The van der Waals surface area contributed by atoms with Gasteiger partial charge in [-0.3, -0.25) is 10.1 Å². The van der Waals surface area contributed by atoms with Crippen LogP contribution in [0, 0.1) is 17.0 Å². The number of carbonyl (C=O) groups excluding carboxylic acids is 1. The Hall–Kier alpha value is -3.68. The molecule has 0 fully saturated rings. The summed E-state index contributed by atoms with van der Waals surface area (Å²) in [7, 11) is 0. The molecule has 0 atom stereocenters. The van der Waals surface area contributed by atoms with Gasteiger partial charge in [0.05, 0.1) is 4.92 Å². The fourth-order valence-corrected chi connectivity index (χ4v) is 2.63. The summed E-state index contributed by atoms with van der Waals surface area (Å²) in [6.07, 6.45) is 1.45. The summed E-state index contributed by atoms with van der Waals surface area (Å²) in [5, 5.41) is 11.0. The van der Waals surface area contributed by atoms with Crippen LogP contribution >= 0.6 is 0 Å². The summed E-state index contributed by atoms with van der Waals surface area (Å²) in [5.74, 6) is 0.677. The van der Waals surface area contributed by atoms with Crippen molar-refractivity contribution in [2.45, 2.75) is 6.92 Å². The van der Waals surface area contributed by atoms with E-state index in [2.05, 4.69) is 4.99 Å². The van der Waals surface area contributed by atoms with E-state index in [4.69, 9.17) is 14.2 Å². The van der Waals surface area contributed by atoms with E-state index < -0.39 is 10.9 Å². The molecule has 0 bridgehead atoms. The van der Waals surface area contributed by atoms with Crippen molar-refractivity contribution < 1.29 is 23.9 Å². The molecular weight excluding hydrogens is 340 g/mol. The normalized spacial score (nSPS) is 16.6. The van der Waals surface area contributed by atoms with Crippen molar-refractivity contribution in [2.75, 3.05) is 6.79 Å². The van der Waals surface area contributed by atoms with Gasteiger partial charge < -0.3 is 14.2 Å². The highest BCUT2D eigenvalue weighted by Gasteiger charge is 2.26. The van der Waals surface area contributed by atoms with Gasteiger partial charge in [-0.2, -0.15) is 0 Å². The number of nitro groups is 1. The number of fused-ring (bicyclic) bond motifs is 1. The maximum absolute atomic E-state index is 12.1. The summed E-state index contributed by atoms with van der Waals surface area (Å²) in [4.78, 5) is 26.9. The minimum absolute atomic E-state index is 0.0225. The number of hydrogen-bond acceptors (Lipinski definition) is 7. The van der Waals surface area contributed by atoms with Crippen molar-refractivity contribution in [3.8, 4) is 11.5 Å². The zero-order valence-corrected chi connectivity index (χ0v) is 13.6. The van der Waals surface area contributed by atoms with Gasteiger partial charge in [0, 0.05) is 17.2 Å². The molecule has 0 saturated heterocycles. The molecule has 2 heterocycles. The third-order valence-electron chi connectivity index (χ3n) is 3.97. The Morgan fingerprint density at radius 1 is 1.15 bits per heavy atom. The molecule has 0 spiro atoms. The first-order valence-corrected chi connectivity index (χ1v) is 7.69. The van der Waals surface area contributed by atoms with Crippen LogP contribution in [0.3, 0.4) is 0 Å². The first-order valence-electron chi connectivity index (χ1n) is 7.69. The molecule has 2 aromatic rings. The van der Waals surface area contributed by atoms with E-state index in [0.717, 1.165) is 0 Å². The predicted molar refractivity (Wildman–Crippen MR) is 91.0 cm³/mol. The lowest BCUT2D eigenvalue weighted by Crippen LogP contribution is -2.05. The first-order chi connectivity index (χ1) is 12.5. The number of aliphatic imine (C=N–C) groups is 1. The summed E-state index contributed by atoms with van der Waals surface area (Å²) in [6, 6.07) is 9.78. The Bertz CT molecular complexity index is 1010. The Balaban J connectivity index is 1.67. The number of nitrogens with zero attached hydrogens (tertiary/aromatic N) is 2. The van der Waals surface area contributed by atoms with Crippen LogP contribution < -0.4 is 9.47 Å². The van der Waals surface area contributed by atoms with Crippen LogP contribution in [0.2, 0.25) is 0 Å². The topological polar surface area (TPSA) is 100 Å². The van der Waals surface area contributed by atoms with Crippen LogP contribution in [-0.2, 0) is 9.53 Å². The standard InChI is InChI=1S/C18H12N2O6/c1-10-2-3-11(7-14(10)20(22)23)6-13-18(21)26-17(19-13)12-4-5-15-16(8-12)25-9-24-15/h2-8H,9H2,1H3/b13-6-. The highest BCUT2D eigenvalue weighted by atomic mass is 16.7. The number of carbonyl (C=O) groups is 1. The van der Waals surface area contributed by atoms with E-state index in [1.807, 2.05) is 0 Å². The second-order valence-electron chi connectivity index (χ2n) is 5.71. The Morgan fingerprint density at radius 3 is 2.77 bits per heavy atom. The maximum Gasteiger partial charge on any atom is 0.363 e. The van der Waals surface area contributed by atoms with Gasteiger partial charge in [-0.15, -0.1) is 0 Å². The number of cyclic esters (lactones) is 1. The molecule has 4 rings (SSSR count). The van der Waals surface area contributed by atoms with Crippen molar-refractivity contribution >= 4 is 23.6 Å². The van der Waals surface area contributed by atoms with Crippen LogP contribution in [0.4, 0.5) is 5.69 Å². The molecule has 0 saturated carbocycles. The van der Waals surface area contributed by atoms with E-state index in [1.165, 1.54) is 12.1 Å². The maximum atomic E-state index is 12.1. The quantitative estimate of drug-likeness (QED) is 0.364. The number of rotatable bonds is 3. The van der Waals surface area contributed by atoms with Gasteiger partial charge in [0.1, 0.15) is 0 Å². The lowest BCUT2D eigenvalue weighted by Gasteiger charge is -2.01. The first kappa shape index (κ1) is 15.8. The molecule has 8 nitrogen and oxygen atoms in total. The Kier molecular flexibility index (Phi) is 3.65. The zero-order chi connectivity index (χ0) is 18.3. The molecule has 0 unspecified atom stereocenters. The molecule has 0 N–H and O–H groups in total. The summed E-state index contributed by atoms with van der Waals surface area (Å²) in [6.45, 7) is 1.79. The SMILES string of the molecule is Cc1ccc(/C=C2\N=C(c3ccc4c(c3)OCO4)OC2=O)cc1[N+](=O)[O-]. The van der Waals surface area contributed by atoms with E-state index in [9.17, 15) is 14.9 Å². The molecule has 8 heteroatoms. The van der Waals surface area contributed by atoms with Gasteiger partial charge in [0.2, 0.25) is 12.7 Å². The van der Waals surface area contributed by atoms with E-state index >= 15 is 0 Å². The highest BCUT2D eigenvalue weighted by molar-refractivity contribution is 6.13. The summed E-state index contributed by atoms with van der Waals surface area (Å²) >= 11 is 0. The second-order valence-corrected chi connectivity index (χ2v) is 5.71. The third-order valence-corrected chi connectivity index (χ3v) is 3.97. The molecule has 2 aromatic carbocycles. The van der Waals surface area contributed by atoms with Crippen molar-refractivity contribution in [3.05, 3.63) is 68.9 Å². The number of ether oxygens (including phenoxy) is 3. The van der Waals surface area contributed by atoms with Crippen LogP contribution in [0.15, 0.2) is 47.1 Å². The minimum Gasteiger partial charge on any atom is -0.454 e. The number of nitro benzene ring substituents is 1. The average Bonchev–Trinajstić information content (AvgIpc) is 3.22. The minimum atomic E-state index is -0.624. The predicted octanol–water partition coefficient (Wildman–Crippen LogP) is 2.98. The van der Waals surface area contributed by atoms with Crippen molar-refractivity contribution in [1.82, 2.24) is 0 Å². The van der Waals surface area contributed by atoms with Gasteiger partial charge in [0.25, 0.3) is 5.69 Å². The van der Waals surface area contributed by atoms with Gasteiger partial charge in [-0.05, 0) is 36.8 Å². The molecule has 2 aliphatic rings. The summed E-state index contributed by atoms with van der Waals surface area (Å²) in [5.41, 5.74) is 1.64. The van der Waals surface area contributed by atoms with Crippen LogP contribution in [-0.4, -0.2) is 23.6 Å². The van der Waals surface area contributed by atoms with Gasteiger partial charge >= 0.3 is 5.97 Å². The molecule has 0 amide bonds. The van der Waals surface area contributed by atoms with Crippen molar-refractivity contribution in [3.63, 3.8) is 0 Å². The zero-order valence-electron chi connectivity index (χ0n) is 13.6. The van der Waals surface area contributed by atoms with Gasteiger partial charge in [0.15, 0.2) is 17.2 Å². The monoisotopic (exact) mass is 352 g/mol. The summed E-state index contributed by atoms with van der Waals surface area (Å²) < 4.78 is 15.7. The number of benzene rings is 2. The molecule has 0 aliphatic carbocycles. The molecular formula is C18H12N2O6. The Morgan fingerprint density at radius 2 is 1.96 bits per heavy atom. The number of esters is 1. The van der Waals surface area contributed by atoms with Crippen LogP contribution in [0.5, 0.6) is 11.5 Å². The van der Waals surface area contributed by atoms with E-state index in [-0.39, 0.29) is 24.1 Å². The van der Waals surface area contributed by atoms with Crippen molar-refractivity contribution in [2.24, 2.45) is 4.99 Å². The third kappa shape index (κ3) is 2.77. The molecule has 2 aliphatic heterocycles. The smallest absolute Gasteiger partial charge is 0.363 e. The van der Waals surface area contributed by atoms with Gasteiger partial charge in [-0.25, -0.2) is 9.79 Å². The number of hydrogen-bond donors (Lipinski definition) is 0. The largest absolute Gasteiger partial charge is 0.454 e. The van der Waals surface area contributed by atoms with Crippen LogP contribution in [0.25, 0.3) is 6.08 Å². The fraction of sp³-hybridized carbons (Fsp3) is 0.111. The average molecular weight is 352 g/mol. The van der Waals surface area contributed by atoms with E-state index in [0.29, 0.717) is 28.2 Å². The van der Waals surface area contributed by atoms with E-state index in [1.54, 1.807) is 37.3 Å². The Labute approximate surface area is 147 Å². The lowest BCUT2D eigenvalue weighted by molar-refractivity contribution is -0.385.